The minimum absolute atomic E-state index is 0.0896. The Morgan fingerprint density at radius 1 is 0.244 bits per heavy atom. The Labute approximate surface area is 762 Å². The fourth-order valence-corrected chi connectivity index (χ4v) is 20.4. The number of nitrogens with zero attached hydrogens (tertiary/aromatic N) is 6. The number of rotatable bonds is 32. The maximum atomic E-state index is 13.5. The minimum Gasteiger partial charge on any atom is -0.507 e. The molecular weight excluding hydrogens is 1710 g/mol. The first kappa shape index (κ1) is 104. The van der Waals surface area contributed by atoms with E-state index in [0.717, 1.165) is 81.6 Å². The van der Waals surface area contributed by atoms with Crippen molar-refractivity contribution in [1.82, 2.24) is 29.4 Å². The minimum atomic E-state index is -0.261. The number of phenols is 6. The van der Waals surface area contributed by atoms with E-state index in [1.807, 2.05) is 99.8 Å². The summed E-state index contributed by atoms with van der Waals surface area (Å²) in [7, 11) is 39.3. The molecule has 0 aromatic heterocycles. The molecule has 0 aliphatic rings. The second-order valence-electron chi connectivity index (χ2n) is 31.1. The van der Waals surface area contributed by atoms with Crippen LogP contribution in [0.5, 0.6) is 80.5 Å². The number of phenolic OH excluding ortho intramolecular Hbond substituents is 6. The van der Waals surface area contributed by atoms with Gasteiger partial charge in [-0.2, -0.15) is 0 Å². The van der Waals surface area contributed by atoms with Crippen LogP contribution in [0.1, 0.15) is 44.5 Å². The van der Waals surface area contributed by atoms with Crippen LogP contribution in [0.25, 0.3) is 0 Å². The molecule has 12 aromatic rings. The van der Waals surface area contributed by atoms with Crippen LogP contribution in [0.4, 0.5) is 4.39 Å². The molecule has 6 N–H and O–H groups in total. The van der Waals surface area contributed by atoms with Gasteiger partial charge in [-0.1, -0.05) is 197 Å². The van der Waals surface area contributed by atoms with Crippen LogP contribution >= 0.6 is 51.5 Å². The van der Waals surface area contributed by atoms with Gasteiger partial charge in [0.25, 0.3) is 0 Å². The van der Waals surface area contributed by atoms with E-state index in [1.165, 1.54) is 84.7 Å². The Kier molecular flexibility index (Phi) is 43.6. The van der Waals surface area contributed by atoms with E-state index < -0.39 is 0 Å². The summed E-state index contributed by atoms with van der Waals surface area (Å²) in [6, 6.07) is 71.6. The number of methoxy groups -OCH3 is 8. The van der Waals surface area contributed by atoms with E-state index >= 15 is 0 Å². The number of aromatic hydroxyl groups is 6. The monoisotopic (exact) mass is 1840 g/mol. The number of benzene rings is 12. The Balaban J connectivity index is 0.000000209. The summed E-state index contributed by atoms with van der Waals surface area (Å²) < 4.78 is 55.3. The summed E-state index contributed by atoms with van der Waals surface area (Å²) in [5.41, 5.74) is 9.86. The molecule has 0 saturated heterocycles. The average Bonchev–Trinajstić information content (AvgIpc) is 0.816. The topological polar surface area (TPSA) is 215 Å². The first-order chi connectivity index (χ1) is 60.7. The third kappa shape index (κ3) is 33.3. The van der Waals surface area contributed by atoms with E-state index in [1.54, 1.807) is 110 Å². The van der Waals surface area contributed by atoms with Gasteiger partial charge in [0.05, 0.1) is 56.9 Å². The van der Waals surface area contributed by atoms with E-state index in [9.17, 15) is 35.0 Å². The zero-order chi connectivity index (χ0) is 93.0. The Morgan fingerprint density at radius 3 is 0.929 bits per heavy atom. The van der Waals surface area contributed by atoms with Crippen molar-refractivity contribution < 1.29 is 72.9 Å². The summed E-state index contributed by atoms with van der Waals surface area (Å²) in [5, 5.41) is 73.7. The van der Waals surface area contributed by atoms with Crippen molar-refractivity contribution in [2.45, 2.75) is 53.1 Å². The predicted molar refractivity (Wildman–Crippen MR) is 539 cm³/mol. The van der Waals surface area contributed by atoms with Crippen molar-refractivity contribution in [1.29, 1.82) is 0 Å². The summed E-state index contributed by atoms with van der Waals surface area (Å²) in [6.45, 7) is 9.31. The SMILES string of the molecule is COc1cc(OC)c(O)c(Pc2ccc(F)cc2CN(C)C)c1.COc1cc(OC)c(O)c(Pc2ccccc2CN(C)C)c1.COc1ccc(O)c(Pc2ccc(C)cc2CN(C)C)c1.COc1ccc(O)c(Pc2ccccc2CN(C)C)c1.COc1cccc(Pc2c(C)cccc2CN(C)C)c1O.COc1cccc(Pc2ccccc2CN(C)C)c1O. The maximum absolute atomic E-state index is 13.5. The number of ether oxygens (including phenoxy) is 8. The smallest absolute Gasteiger partial charge is 0.165 e. The molecule has 12 rings (SSSR count). The zero-order valence-corrected chi connectivity index (χ0v) is 83.1. The molecule has 0 radical (unpaired) electrons. The van der Waals surface area contributed by atoms with Crippen molar-refractivity contribution in [3.8, 4) is 80.5 Å². The highest BCUT2D eigenvalue weighted by atomic mass is 31.1. The van der Waals surface area contributed by atoms with E-state index in [-0.39, 0.29) is 37.4 Å². The summed E-state index contributed by atoms with van der Waals surface area (Å²) >= 11 is 0. The molecule has 678 valence electrons. The summed E-state index contributed by atoms with van der Waals surface area (Å²) in [4.78, 5) is 12.7. The highest BCUT2D eigenvalue weighted by Gasteiger charge is 2.20. The molecule has 6 unspecified atom stereocenters. The number of halogens is 1. The van der Waals surface area contributed by atoms with Gasteiger partial charge in [0.15, 0.2) is 46.0 Å². The van der Waals surface area contributed by atoms with Crippen molar-refractivity contribution >= 4 is 115 Å². The number of aryl methyl sites for hydroxylation is 2. The molecular formula is C100H127FN6O14P6. The van der Waals surface area contributed by atoms with E-state index in [4.69, 9.17) is 37.9 Å². The lowest BCUT2D eigenvalue weighted by Crippen LogP contribution is -2.19. The molecule has 0 spiro atoms. The second kappa shape index (κ2) is 53.2. The number of hydrogen-bond donors (Lipinski definition) is 6. The molecule has 0 aliphatic heterocycles. The quantitative estimate of drug-likeness (QED) is 0.0216. The van der Waals surface area contributed by atoms with Crippen LogP contribution in [0.3, 0.4) is 0 Å². The Bertz CT molecular complexity index is 5410. The zero-order valence-electron chi connectivity index (χ0n) is 77.1. The fourth-order valence-electron chi connectivity index (χ4n) is 13.0. The standard InChI is InChI=1S/C17H21FNO3P.C17H22NO3P.2C17H22NO2P.2C16H20NO2P/c1-19(2)10-11-7-12(18)5-6-15(11)23-16-9-13(21-3)8-14(22-4)17(16)20;1-18(2)11-12-7-5-6-8-15(12)22-16-10-13(20-3)9-14(21-4)17(16)19;1-12-5-8-16(13(9-12)11-18(2)3)21-17-10-14(20-4)6-7-15(17)19;1-12-7-5-8-13(11-18(2)3)17(12)21-15-10-6-9-14(20-4)16(15)19;1-17(2)11-12-7-4-5-9-14(12)20-15-10-6-8-13(19-3)16(15)18;1-17(2)11-12-6-4-5-7-15(12)20-16-10-13(19-3)8-9-14(16)18/h5-9,20,23H,10H2,1-4H3;5-10,19,22H,11H2,1-4H3;2*5-10,19,21H,11H2,1-4H3;2*4-10,18,20H,11H2,1-3H3. The van der Waals surface area contributed by atoms with Gasteiger partial charge in [0.2, 0.25) is 0 Å². The van der Waals surface area contributed by atoms with Gasteiger partial charge in [-0.15, -0.1) is 0 Å². The van der Waals surface area contributed by atoms with Crippen molar-refractivity contribution in [2.75, 3.05) is 141 Å². The van der Waals surface area contributed by atoms with Crippen LogP contribution in [0.2, 0.25) is 0 Å². The molecule has 127 heavy (non-hydrogen) atoms. The largest absolute Gasteiger partial charge is 0.507 e. The van der Waals surface area contributed by atoms with Gasteiger partial charge in [-0.05, 0) is 242 Å². The molecule has 0 amide bonds. The second-order valence-corrected chi connectivity index (χ2v) is 39.1. The molecule has 20 nitrogen and oxygen atoms in total. The first-order valence-corrected chi connectivity index (χ1v) is 46.8. The first-order valence-electron chi connectivity index (χ1n) is 40.8. The lowest BCUT2D eigenvalue weighted by atomic mass is 10.1. The third-order valence-corrected chi connectivity index (χ3v) is 27.9. The highest BCUT2D eigenvalue weighted by molar-refractivity contribution is 7.57. The molecule has 0 bridgehead atoms. The van der Waals surface area contributed by atoms with Crippen molar-refractivity contribution in [2.24, 2.45) is 0 Å². The van der Waals surface area contributed by atoms with Crippen molar-refractivity contribution in [3.63, 3.8) is 0 Å². The maximum Gasteiger partial charge on any atom is 0.165 e. The molecule has 0 fully saturated rings. The van der Waals surface area contributed by atoms with Crippen molar-refractivity contribution in [3.05, 3.63) is 275 Å². The summed E-state index contributed by atoms with van der Waals surface area (Å²) in [5.74, 6) is 5.85. The van der Waals surface area contributed by atoms with Gasteiger partial charge in [0.1, 0.15) is 40.3 Å². The molecule has 12 aromatic carbocycles. The van der Waals surface area contributed by atoms with Gasteiger partial charge < -0.3 is 97.9 Å². The predicted octanol–water partition coefficient (Wildman–Crippen LogP) is 13.3. The number of hydrogen-bond acceptors (Lipinski definition) is 20. The van der Waals surface area contributed by atoms with Crippen LogP contribution in [0.15, 0.2) is 224 Å². The average molecular weight is 1840 g/mol. The highest BCUT2D eigenvalue weighted by Crippen LogP contribution is 2.37. The van der Waals surface area contributed by atoms with Crippen LogP contribution < -0.4 is 102 Å². The van der Waals surface area contributed by atoms with E-state index in [2.05, 4.69) is 180 Å². The molecule has 6 atom stereocenters. The molecule has 27 heteroatoms. The lowest BCUT2D eigenvalue weighted by Gasteiger charge is -2.17. The Hall–Kier alpha value is -9.89. The Morgan fingerprint density at radius 2 is 0.543 bits per heavy atom. The molecule has 0 heterocycles. The fraction of sp³-hybridized carbons (Fsp3) is 0.280. The lowest BCUT2D eigenvalue weighted by molar-refractivity contribution is 0.366. The normalized spacial score (nSPS) is 11.4. The third-order valence-electron chi connectivity index (χ3n) is 19.1. The van der Waals surface area contributed by atoms with Crippen LogP contribution in [0, 0.1) is 19.7 Å². The molecule has 0 saturated carbocycles. The van der Waals surface area contributed by atoms with Gasteiger partial charge in [-0.3, -0.25) is 0 Å². The summed E-state index contributed by atoms with van der Waals surface area (Å²) in [6.07, 6.45) is 0. The van der Waals surface area contributed by atoms with E-state index in [0.29, 0.717) is 101 Å². The van der Waals surface area contributed by atoms with Crippen LogP contribution in [-0.4, -0.2) is 201 Å². The van der Waals surface area contributed by atoms with Gasteiger partial charge in [-0.25, -0.2) is 4.39 Å². The molecule has 0 aliphatic carbocycles. The van der Waals surface area contributed by atoms with Crippen LogP contribution in [-0.2, 0) is 39.3 Å². The number of para-hydroxylation sites is 2. The van der Waals surface area contributed by atoms with Gasteiger partial charge in [0, 0.05) is 83.2 Å². The van der Waals surface area contributed by atoms with Gasteiger partial charge >= 0.3 is 0 Å².